The Bertz CT molecular complexity index is 857. The number of amides is 1. The summed E-state index contributed by atoms with van der Waals surface area (Å²) >= 11 is 0. The lowest BCUT2D eigenvalue weighted by atomic mass is 10.2. The van der Waals surface area contributed by atoms with Crippen molar-refractivity contribution in [2.45, 2.75) is 19.5 Å². The van der Waals surface area contributed by atoms with E-state index in [4.69, 9.17) is 0 Å². The second kappa shape index (κ2) is 6.77. The van der Waals surface area contributed by atoms with Gasteiger partial charge in [0.2, 0.25) is 5.91 Å². The molecule has 0 bridgehead atoms. The molecule has 3 rings (SSSR count). The summed E-state index contributed by atoms with van der Waals surface area (Å²) in [5.41, 5.74) is 0.553. The van der Waals surface area contributed by atoms with Crippen LogP contribution >= 0.6 is 0 Å². The highest BCUT2D eigenvalue weighted by atomic mass is 16.1. The van der Waals surface area contributed by atoms with Crippen LogP contribution in [0.1, 0.15) is 6.42 Å². The Balaban J connectivity index is 1.53. The van der Waals surface area contributed by atoms with E-state index in [0.29, 0.717) is 30.5 Å². The van der Waals surface area contributed by atoms with Gasteiger partial charge in [0, 0.05) is 19.5 Å². The summed E-state index contributed by atoms with van der Waals surface area (Å²) in [6, 6.07) is 7.17. The number of para-hydroxylation sites is 1. The number of aryl methyl sites for hydroxylation is 1. The Morgan fingerprint density at radius 3 is 2.87 bits per heavy atom. The van der Waals surface area contributed by atoms with Crippen molar-refractivity contribution < 1.29 is 4.79 Å². The van der Waals surface area contributed by atoms with Gasteiger partial charge in [-0.1, -0.05) is 12.1 Å². The average molecular weight is 313 g/mol. The van der Waals surface area contributed by atoms with Crippen molar-refractivity contribution in [2.24, 2.45) is 0 Å². The summed E-state index contributed by atoms with van der Waals surface area (Å²) in [5, 5.41) is 14.0. The van der Waals surface area contributed by atoms with Crippen LogP contribution in [0.2, 0.25) is 0 Å². The maximum absolute atomic E-state index is 12.3. The van der Waals surface area contributed by atoms with Crippen molar-refractivity contribution >= 4 is 16.8 Å². The van der Waals surface area contributed by atoms with Gasteiger partial charge in [-0.3, -0.25) is 14.2 Å². The van der Waals surface area contributed by atoms with E-state index in [0.717, 1.165) is 0 Å². The molecule has 1 amide bonds. The molecule has 0 fully saturated rings. The lowest BCUT2D eigenvalue weighted by Crippen LogP contribution is -2.31. The third-order valence-corrected chi connectivity index (χ3v) is 3.37. The van der Waals surface area contributed by atoms with Gasteiger partial charge in [-0.05, 0) is 22.6 Å². The molecule has 118 valence electrons. The normalized spacial score (nSPS) is 10.8. The molecule has 3 aromatic rings. The first-order valence-electron chi connectivity index (χ1n) is 7.16. The van der Waals surface area contributed by atoms with Gasteiger partial charge >= 0.3 is 0 Å². The Kier molecular flexibility index (Phi) is 4.37. The van der Waals surface area contributed by atoms with Crippen LogP contribution in [0.4, 0.5) is 0 Å². The van der Waals surface area contributed by atoms with Crippen molar-refractivity contribution in [3.63, 3.8) is 0 Å². The predicted octanol–water partition coefficient (Wildman–Crippen LogP) is -0.410. The first-order valence-corrected chi connectivity index (χ1v) is 7.16. The number of tetrazole rings is 1. The number of aromatic nitrogens is 6. The van der Waals surface area contributed by atoms with Gasteiger partial charge in [-0.2, -0.15) is 0 Å². The van der Waals surface area contributed by atoms with E-state index in [1.807, 2.05) is 6.07 Å². The van der Waals surface area contributed by atoms with Crippen LogP contribution < -0.4 is 10.9 Å². The van der Waals surface area contributed by atoms with Crippen LogP contribution in [0.3, 0.4) is 0 Å². The maximum atomic E-state index is 12.3. The summed E-state index contributed by atoms with van der Waals surface area (Å²) in [5.74, 6) is -0.123. The molecule has 0 spiro atoms. The Morgan fingerprint density at radius 2 is 2.04 bits per heavy atom. The molecule has 0 radical (unpaired) electrons. The van der Waals surface area contributed by atoms with E-state index < -0.39 is 0 Å². The molecule has 0 aliphatic heterocycles. The number of hydrogen-bond donors (Lipinski definition) is 1. The second-order valence-corrected chi connectivity index (χ2v) is 4.93. The quantitative estimate of drug-likeness (QED) is 0.663. The number of fused-ring (bicyclic) bond motifs is 1. The highest BCUT2D eigenvalue weighted by Gasteiger charge is 2.05. The number of carbonyl (C=O) groups excluding carboxylic acids is 1. The zero-order valence-corrected chi connectivity index (χ0v) is 12.3. The van der Waals surface area contributed by atoms with E-state index in [1.54, 1.807) is 18.2 Å². The van der Waals surface area contributed by atoms with Gasteiger partial charge in [0.05, 0.1) is 23.8 Å². The molecule has 0 atom stereocenters. The molecule has 2 heterocycles. The zero-order valence-electron chi connectivity index (χ0n) is 12.3. The van der Waals surface area contributed by atoms with Crippen LogP contribution in [0.15, 0.2) is 41.7 Å². The number of nitrogens with one attached hydrogen (secondary N) is 1. The minimum Gasteiger partial charge on any atom is -0.354 e. The number of rotatable bonds is 6. The molecule has 1 aromatic carbocycles. The van der Waals surface area contributed by atoms with Gasteiger partial charge in [0.1, 0.15) is 6.33 Å². The molecule has 1 N–H and O–H groups in total. The van der Waals surface area contributed by atoms with Crippen molar-refractivity contribution in [2.75, 3.05) is 6.54 Å². The molecule has 23 heavy (non-hydrogen) atoms. The van der Waals surface area contributed by atoms with Gasteiger partial charge in [0.25, 0.3) is 5.56 Å². The smallest absolute Gasteiger partial charge is 0.261 e. The fourth-order valence-corrected chi connectivity index (χ4v) is 2.17. The Morgan fingerprint density at radius 1 is 1.17 bits per heavy atom. The van der Waals surface area contributed by atoms with Crippen LogP contribution in [0.5, 0.6) is 0 Å². The van der Waals surface area contributed by atoms with Gasteiger partial charge < -0.3 is 5.32 Å². The van der Waals surface area contributed by atoms with E-state index in [1.165, 1.54) is 21.9 Å². The van der Waals surface area contributed by atoms with Gasteiger partial charge in [0.15, 0.2) is 0 Å². The highest BCUT2D eigenvalue weighted by Crippen LogP contribution is 2.04. The molecular formula is C14H15N7O2. The number of benzene rings is 1. The third-order valence-electron chi connectivity index (χ3n) is 3.37. The van der Waals surface area contributed by atoms with Crippen molar-refractivity contribution in [1.82, 2.24) is 35.1 Å². The minimum atomic E-state index is -0.123. The van der Waals surface area contributed by atoms with Crippen molar-refractivity contribution in [1.29, 1.82) is 0 Å². The fraction of sp³-hybridized carbons (Fsp3) is 0.286. The average Bonchev–Trinajstić information content (AvgIpc) is 3.09. The highest BCUT2D eigenvalue weighted by molar-refractivity contribution is 5.77. The molecule has 0 saturated heterocycles. The topological polar surface area (TPSA) is 108 Å². The van der Waals surface area contributed by atoms with Crippen LogP contribution in [0, 0.1) is 0 Å². The molecule has 9 heteroatoms. The maximum Gasteiger partial charge on any atom is 0.261 e. The first kappa shape index (κ1) is 14.8. The summed E-state index contributed by atoms with van der Waals surface area (Å²) < 4.78 is 2.97. The molecule has 0 aliphatic carbocycles. The second-order valence-electron chi connectivity index (χ2n) is 4.93. The SMILES string of the molecule is O=C(CCn1cnnn1)NCCn1cnc2ccccc2c1=O. The Labute approximate surface area is 131 Å². The van der Waals surface area contributed by atoms with E-state index in [9.17, 15) is 9.59 Å². The van der Waals surface area contributed by atoms with Crippen LogP contribution in [0.25, 0.3) is 10.9 Å². The standard InChI is InChI=1S/C14H15N7O2/c22-13(5-7-21-10-17-18-19-21)15-6-8-20-9-16-12-4-2-1-3-11(12)14(20)23/h1-4,9-10H,5-8H2,(H,15,22). The number of nitrogens with zero attached hydrogens (tertiary/aromatic N) is 6. The lowest BCUT2D eigenvalue weighted by Gasteiger charge is -2.08. The lowest BCUT2D eigenvalue weighted by molar-refractivity contribution is -0.121. The monoisotopic (exact) mass is 313 g/mol. The molecule has 9 nitrogen and oxygen atoms in total. The van der Waals surface area contributed by atoms with E-state index in [-0.39, 0.29) is 17.9 Å². The van der Waals surface area contributed by atoms with Crippen molar-refractivity contribution in [3.8, 4) is 0 Å². The fourth-order valence-electron chi connectivity index (χ4n) is 2.17. The summed E-state index contributed by atoms with van der Waals surface area (Å²) in [7, 11) is 0. The van der Waals surface area contributed by atoms with Crippen LogP contribution in [-0.4, -0.2) is 42.2 Å². The largest absolute Gasteiger partial charge is 0.354 e. The van der Waals surface area contributed by atoms with Gasteiger partial charge in [-0.15, -0.1) is 5.10 Å². The molecular weight excluding hydrogens is 298 g/mol. The molecule has 0 unspecified atom stereocenters. The minimum absolute atomic E-state index is 0.112. The summed E-state index contributed by atoms with van der Waals surface area (Å²) in [4.78, 5) is 28.2. The molecule has 0 aliphatic rings. The van der Waals surface area contributed by atoms with Crippen molar-refractivity contribution in [3.05, 3.63) is 47.3 Å². The predicted molar refractivity (Wildman–Crippen MR) is 81.4 cm³/mol. The summed E-state index contributed by atoms with van der Waals surface area (Å²) in [6.07, 6.45) is 3.22. The number of hydrogen-bond acceptors (Lipinski definition) is 6. The van der Waals surface area contributed by atoms with Gasteiger partial charge in [-0.25, -0.2) is 9.67 Å². The summed E-state index contributed by atoms with van der Waals surface area (Å²) in [6.45, 7) is 1.14. The van der Waals surface area contributed by atoms with E-state index >= 15 is 0 Å². The zero-order chi connectivity index (χ0) is 16.1. The third kappa shape index (κ3) is 3.57. The van der Waals surface area contributed by atoms with E-state index in [2.05, 4.69) is 25.8 Å². The molecule has 0 saturated carbocycles. The number of carbonyl (C=O) groups is 1. The Hall–Kier alpha value is -3.10. The van der Waals surface area contributed by atoms with Crippen LogP contribution in [-0.2, 0) is 17.9 Å². The molecule has 2 aromatic heterocycles. The first-order chi connectivity index (χ1) is 11.2.